The Morgan fingerprint density at radius 2 is 2.03 bits per heavy atom. The molecule has 2 aromatic rings. The number of rotatable bonds is 7. The summed E-state index contributed by atoms with van der Waals surface area (Å²) in [7, 11) is 3.33. The van der Waals surface area contributed by atoms with Gasteiger partial charge >= 0.3 is 0 Å². The number of hydrogen-bond acceptors (Lipinski definition) is 7. The van der Waals surface area contributed by atoms with Crippen LogP contribution in [0, 0.1) is 12.3 Å². The molecule has 1 aliphatic heterocycles. The predicted molar refractivity (Wildman–Crippen MR) is 123 cm³/mol. The Kier molecular flexibility index (Phi) is 6.41. The van der Waals surface area contributed by atoms with Crippen molar-refractivity contribution in [2.75, 3.05) is 13.7 Å². The van der Waals surface area contributed by atoms with Crippen LogP contribution in [0.4, 0.5) is 0 Å². The van der Waals surface area contributed by atoms with Crippen LogP contribution in [-0.4, -0.2) is 72.4 Å². The molecule has 2 amide bonds. The van der Waals surface area contributed by atoms with Gasteiger partial charge in [0, 0.05) is 32.1 Å². The molecule has 34 heavy (non-hydrogen) atoms. The standard InChI is InChI=1S/C23H35N7O4/c1-13-16(22(34-6)28(5)26-13)10-24-20(32)18-9-15(31)11-29(18)21(33)19(23(2,3)4)30-12-17(25-27-30)14-7-8-14/h12,14-15,18-19,31H,7-11H2,1-6H3,(H,24,32)/t15-,18+,19-/m1/s1. The fraction of sp³-hybridized carbons (Fsp3) is 0.696. The van der Waals surface area contributed by atoms with E-state index in [1.54, 1.807) is 23.5 Å². The van der Waals surface area contributed by atoms with Crippen molar-refractivity contribution in [2.24, 2.45) is 12.5 Å². The largest absolute Gasteiger partial charge is 0.481 e. The number of methoxy groups -OCH3 is 1. The van der Waals surface area contributed by atoms with Gasteiger partial charge < -0.3 is 20.1 Å². The van der Waals surface area contributed by atoms with Gasteiger partial charge in [-0.25, -0.2) is 9.36 Å². The molecule has 11 heteroatoms. The molecule has 0 radical (unpaired) electrons. The van der Waals surface area contributed by atoms with Crippen LogP contribution >= 0.6 is 0 Å². The maximum Gasteiger partial charge on any atom is 0.248 e. The van der Waals surface area contributed by atoms with Crippen molar-refractivity contribution < 1.29 is 19.4 Å². The summed E-state index contributed by atoms with van der Waals surface area (Å²) in [6.45, 7) is 8.06. The molecule has 186 valence electrons. The molecule has 11 nitrogen and oxygen atoms in total. The molecular formula is C23H35N7O4. The molecule has 2 fully saturated rings. The van der Waals surface area contributed by atoms with Gasteiger partial charge in [0.05, 0.1) is 36.7 Å². The molecule has 0 spiro atoms. The average Bonchev–Trinajstić information content (AvgIpc) is 3.25. The van der Waals surface area contributed by atoms with Gasteiger partial charge in [0.2, 0.25) is 17.7 Å². The van der Waals surface area contributed by atoms with Crippen molar-refractivity contribution in [3.63, 3.8) is 0 Å². The summed E-state index contributed by atoms with van der Waals surface area (Å²) >= 11 is 0. The zero-order valence-corrected chi connectivity index (χ0v) is 20.8. The SMILES string of the molecule is COc1c(CNC(=O)[C@@H]2C[C@@H](O)CN2C(=O)[C@@H](n2cc(C3CC3)nn2)C(C)(C)C)c(C)nn1C. The predicted octanol–water partition coefficient (Wildman–Crippen LogP) is 1.07. The van der Waals surface area contributed by atoms with Crippen LogP contribution < -0.4 is 10.1 Å². The highest BCUT2D eigenvalue weighted by molar-refractivity contribution is 5.90. The number of carbonyl (C=O) groups is 2. The fourth-order valence-corrected chi connectivity index (χ4v) is 4.76. The number of nitrogens with zero attached hydrogens (tertiary/aromatic N) is 6. The quantitative estimate of drug-likeness (QED) is 0.616. The second-order valence-corrected chi connectivity index (χ2v) is 10.5. The number of carbonyl (C=O) groups excluding carboxylic acids is 2. The molecule has 0 unspecified atom stereocenters. The average molecular weight is 474 g/mol. The molecule has 3 heterocycles. The summed E-state index contributed by atoms with van der Waals surface area (Å²) in [6.07, 6.45) is 3.45. The first kappa shape index (κ1) is 24.2. The van der Waals surface area contributed by atoms with Crippen LogP contribution in [0.2, 0.25) is 0 Å². The minimum atomic E-state index is -0.776. The summed E-state index contributed by atoms with van der Waals surface area (Å²) in [5.74, 6) is 0.430. The number of amides is 2. The van der Waals surface area contributed by atoms with Crippen molar-refractivity contribution in [3.05, 3.63) is 23.1 Å². The van der Waals surface area contributed by atoms with Gasteiger partial charge in [-0.3, -0.25) is 9.59 Å². The monoisotopic (exact) mass is 473 g/mol. The van der Waals surface area contributed by atoms with E-state index in [9.17, 15) is 14.7 Å². The van der Waals surface area contributed by atoms with Gasteiger partial charge in [0.25, 0.3) is 0 Å². The number of aliphatic hydroxyl groups is 1. The molecule has 2 aromatic heterocycles. The molecule has 1 saturated heterocycles. The molecule has 4 rings (SSSR count). The number of ether oxygens (including phenoxy) is 1. The second kappa shape index (κ2) is 9.01. The van der Waals surface area contributed by atoms with Gasteiger partial charge in [-0.2, -0.15) is 5.10 Å². The highest BCUT2D eigenvalue weighted by Crippen LogP contribution is 2.40. The number of aryl methyl sites for hydroxylation is 2. The summed E-state index contributed by atoms with van der Waals surface area (Å²) in [6, 6.07) is -1.42. The second-order valence-electron chi connectivity index (χ2n) is 10.5. The zero-order chi connectivity index (χ0) is 24.8. The molecule has 1 saturated carbocycles. The van der Waals surface area contributed by atoms with Gasteiger partial charge in [0.1, 0.15) is 12.1 Å². The zero-order valence-electron chi connectivity index (χ0n) is 20.8. The van der Waals surface area contributed by atoms with E-state index in [4.69, 9.17) is 4.74 Å². The van der Waals surface area contributed by atoms with E-state index in [1.165, 1.54) is 4.90 Å². The van der Waals surface area contributed by atoms with E-state index in [0.29, 0.717) is 11.8 Å². The van der Waals surface area contributed by atoms with E-state index >= 15 is 0 Å². The Hall–Kier alpha value is -2.95. The molecule has 3 atom stereocenters. The fourth-order valence-electron chi connectivity index (χ4n) is 4.76. The van der Waals surface area contributed by atoms with Crippen LogP contribution in [0.5, 0.6) is 5.88 Å². The minimum absolute atomic E-state index is 0.100. The van der Waals surface area contributed by atoms with Crippen LogP contribution in [0.15, 0.2) is 6.20 Å². The number of likely N-dealkylation sites (tertiary alicyclic amines) is 1. The highest BCUT2D eigenvalue weighted by Gasteiger charge is 2.45. The van der Waals surface area contributed by atoms with E-state index in [-0.39, 0.29) is 31.3 Å². The Morgan fingerprint density at radius 3 is 2.65 bits per heavy atom. The van der Waals surface area contributed by atoms with Gasteiger partial charge in [-0.15, -0.1) is 5.10 Å². The Balaban J connectivity index is 1.53. The minimum Gasteiger partial charge on any atom is -0.481 e. The third kappa shape index (κ3) is 4.66. The van der Waals surface area contributed by atoms with Crippen molar-refractivity contribution in [3.8, 4) is 5.88 Å². The lowest BCUT2D eigenvalue weighted by Gasteiger charge is -2.34. The summed E-state index contributed by atoms with van der Waals surface area (Å²) in [4.78, 5) is 28.5. The van der Waals surface area contributed by atoms with E-state index in [0.717, 1.165) is 29.8 Å². The lowest BCUT2D eigenvalue weighted by molar-refractivity contribution is -0.144. The van der Waals surface area contributed by atoms with E-state index in [1.807, 2.05) is 33.9 Å². The smallest absolute Gasteiger partial charge is 0.248 e. The summed E-state index contributed by atoms with van der Waals surface area (Å²) in [5, 5.41) is 26.2. The summed E-state index contributed by atoms with van der Waals surface area (Å²) < 4.78 is 8.64. The van der Waals surface area contributed by atoms with Crippen molar-refractivity contribution in [1.82, 2.24) is 35.0 Å². The third-order valence-corrected chi connectivity index (χ3v) is 6.63. The van der Waals surface area contributed by atoms with Gasteiger partial charge in [-0.1, -0.05) is 26.0 Å². The number of nitrogens with one attached hydrogen (secondary N) is 1. The van der Waals surface area contributed by atoms with E-state index < -0.39 is 23.6 Å². The maximum absolute atomic E-state index is 13.8. The molecule has 0 aromatic carbocycles. The lowest BCUT2D eigenvalue weighted by Crippen LogP contribution is -2.50. The molecule has 0 bridgehead atoms. The first-order chi connectivity index (χ1) is 16.0. The van der Waals surface area contributed by atoms with Crippen LogP contribution in [0.1, 0.15) is 68.9 Å². The molecule has 1 aliphatic carbocycles. The van der Waals surface area contributed by atoms with Gasteiger partial charge in [-0.05, 0) is 25.2 Å². The molecular weight excluding hydrogens is 438 g/mol. The number of aromatic nitrogens is 5. The maximum atomic E-state index is 13.8. The Bertz CT molecular complexity index is 1070. The van der Waals surface area contributed by atoms with Crippen LogP contribution in [0.25, 0.3) is 0 Å². The van der Waals surface area contributed by atoms with Crippen molar-refractivity contribution >= 4 is 11.8 Å². The molecule has 2 aliphatic rings. The summed E-state index contributed by atoms with van der Waals surface area (Å²) in [5.41, 5.74) is 1.96. The van der Waals surface area contributed by atoms with Crippen LogP contribution in [-0.2, 0) is 23.2 Å². The Morgan fingerprint density at radius 1 is 1.32 bits per heavy atom. The first-order valence-electron chi connectivity index (χ1n) is 11.8. The topological polar surface area (TPSA) is 127 Å². The van der Waals surface area contributed by atoms with Crippen molar-refractivity contribution in [2.45, 2.75) is 77.6 Å². The number of hydrogen-bond donors (Lipinski definition) is 2. The van der Waals surface area contributed by atoms with Crippen molar-refractivity contribution in [1.29, 1.82) is 0 Å². The van der Waals surface area contributed by atoms with E-state index in [2.05, 4.69) is 20.7 Å². The highest BCUT2D eigenvalue weighted by atomic mass is 16.5. The third-order valence-electron chi connectivity index (χ3n) is 6.63. The number of β-amino-alcohol motifs (C(OH)–C–C–N with tert-alkyl or cyclic N) is 1. The Labute approximate surface area is 199 Å². The van der Waals surface area contributed by atoms with Crippen LogP contribution in [0.3, 0.4) is 0 Å². The first-order valence-corrected chi connectivity index (χ1v) is 11.8. The molecule has 2 N–H and O–H groups in total. The number of aliphatic hydroxyl groups excluding tert-OH is 1. The van der Waals surface area contributed by atoms with Gasteiger partial charge in [0.15, 0.2) is 0 Å². The lowest BCUT2D eigenvalue weighted by atomic mass is 9.85. The normalized spacial score (nSPS) is 21.6.